The summed E-state index contributed by atoms with van der Waals surface area (Å²) in [4.78, 5) is 2.05. The summed E-state index contributed by atoms with van der Waals surface area (Å²) in [7, 11) is 5.77. The predicted molar refractivity (Wildman–Crippen MR) is 73.2 cm³/mol. The van der Waals surface area contributed by atoms with Crippen LogP contribution in [0.5, 0.6) is 0 Å². The van der Waals surface area contributed by atoms with Gasteiger partial charge in [-0.3, -0.25) is 5.43 Å². The molecule has 0 atom stereocenters. The second-order valence-electron chi connectivity index (χ2n) is 3.44. The smallest absolute Gasteiger partial charge is 0.186 e. The topological polar surface area (TPSA) is 39.7 Å². The Balaban J connectivity index is 2.58. The highest BCUT2D eigenvalue weighted by atomic mass is 32.1. The first kappa shape index (κ1) is 12.4. The number of benzene rings is 1. The SMILES string of the molecule is CNC(=S)NN=Cc1ccc(N(C)C)cc1. The van der Waals surface area contributed by atoms with Crippen molar-refractivity contribution in [2.45, 2.75) is 0 Å². The molecule has 0 spiro atoms. The zero-order chi connectivity index (χ0) is 12.0. The van der Waals surface area contributed by atoms with Crippen LogP contribution < -0.4 is 15.6 Å². The molecule has 1 rings (SSSR count). The van der Waals surface area contributed by atoms with Crippen molar-refractivity contribution in [3.8, 4) is 0 Å². The van der Waals surface area contributed by atoms with Crippen molar-refractivity contribution >= 4 is 29.2 Å². The highest BCUT2D eigenvalue weighted by Gasteiger charge is 1.93. The van der Waals surface area contributed by atoms with E-state index in [2.05, 4.69) is 20.7 Å². The first-order valence-corrected chi connectivity index (χ1v) is 5.32. The molecule has 86 valence electrons. The third kappa shape index (κ3) is 3.86. The van der Waals surface area contributed by atoms with E-state index in [-0.39, 0.29) is 0 Å². The lowest BCUT2D eigenvalue weighted by molar-refractivity contribution is 0.982. The maximum atomic E-state index is 4.88. The summed E-state index contributed by atoms with van der Waals surface area (Å²) in [6.45, 7) is 0. The summed E-state index contributed by atoms with van der Waals surface area (Å²) < 4.78 is 0. The van der Waals surface area contributed by atoms with Crippen LogP contribution in [0.4, 0.5) is 5.69 Å². The van der Waals surface area contributed by atoms with Crippen LogP contribution in [0.25, 0.3) is 0 Å². The second kappa shape index (κ2) is 6.07. The second-order valence-corrected chi connectivity index (χ2v) is 3.84. The average Bonchev–Trinajstić information content (AvgIpc) is 2.29. The Hall–Kier alpha value is -1.62. The molecule has 1 aromatic carbocycles. The molecule has 0 aromatic heterocycles. The maximum absolute atomic E-state index is 4.88. The lowest BCUT2D eigenvalue weighted by atomic mass is 10.2. The van der Waals surface area contributed by atoms with Crippen LogP contribution in [-0.2, 0) is 0 Å². The van der Waals surface area contributed by atoms with Gasteiger partial charge < -0.3 is 10.2 Å². The first-order valence-electron chi connectivity index (χ1n) is 4.91. The molecule has 0 fully saturated rings. The molecule has 0 aliphatic heterocycles. The first-order chi connectivity index (χ1) is 7.63. The number of rotatable bonds is 3. The van der Waals surface area contributed by atoms with Gasteiger partial charge in [0.25, 0.3) is 0 Å². The minimum Gasteiger partial charge on any atom is -0.378 e. The molecule has 0 saturated carbocycles. The zero-order valence-corrected chi connectivity index (χ0v) is 10.5. The van der Waals surface area contributed by atoms with Gasteiger partial charge in [0.05, 0.1) is 6.21 Å². The number of nitrogens with one attached hydrogen (secondary N) is 2. The van der Waals surface area contributed by atoms with E-state index in [1.165, 1.54) is 0 Å². The molecule has 0 aliphatic rings. The van der Waals surface area contributed by atoms with E-state index in [0.29, 0.717) is 5.11 Å². The predicted octanol–water partition coefficient (Wildman–Crippen LogP) is 1.18. The van der Waals surface area contributed by atoms with Crippen molar-refractivity contribution in [1.82, 2.24) is 10.7 Å². The van der Waals surface area contributed by atoms with Crippen molar-refractivity contribution in [2.75, 3.05) is 26.0 Å². The Morgan fingerprint density at radius 3 is 2.44 bits per heavy atom. The monoisotopic (exact) mass is 236 g/mol. The van der Waals surface area contributed by atoms with Gasteiger partial charge >= 0.3 is 0 Å². The Morgan fingerprint density at radius 2 is 1.94 bits per heavy atom. The lowest BCUT2D eigenvalue weighted by Gasteiger charge is -2.11. The van der Waals surface area contributed by atoms with Crippen molar-refractivity contribution < 1.29 is 0 Å². The number of thiocarbonyl (C=S) groups is 1. The van der Waals surface area contributed by atoms with E-state index in [9.17, 15) is 0 Å². The van der Waals surface area contributed by atoms with Gasteiger partial charge in [-0.05, 0) is 29.9 Å². The fourth-order valence-corrected chi connectivity index (χ4v) is 1.13. The largest absolute Gasteiger partial charge is 0.378 e. The number of anilines is 1. The van der Waals surface area contributed by atoms with Crippen LogP contribution in [-0.4, -0.2) is 32.5 Å². The standard InChI is InChI=1S/C11H16N4S/c1-12-11(16)14-13-8-9-4-6-10(7-5-9)15(2)3/h4-8H,1-3H3,(H2,12,14,16). The van der Waals surface area contributed by atoms with E-state index in [1.807, 2.05) is 38.4 Å². The zero-order valence-electron chi connectivity index (χ0n) is 9.69. The van der Waals surface area contributed by atoms with Gasteiger partial charge in [0.1, 0.15) is 0 Å². The third-order valence-electron chi connectivity index (χ3n) is 2.02. The fraction of sp³-hybridized carbons (Fsp3) is 0.273. The molecule has 4 nitrogen and oxygen atoms in total. The lowest BCUT2D eigenvalue weighted by Crippen LogP contribution is -2.28. The van der Waals surface area contributed by atoms with Crippen molar-refractivity contribution in [2.24, 2.45) is 5.10 Å². The fourth-order valence-electron chi connectivity index (χ4n) is 1.08. The van der Waals surface area contributed by atoms with Gasteiger partial charge in [-0.15, -0.1) is 0 Å². The number of hydrazone groups is 1. The van der Waals surface area contributed by atoms with Gasteiger partial charge in [0, 0.05) is 26.8 Å². The summed E-state index contributed by atoms with van der Waals surface area (Å²) in [5, 5.41) is 7.27. The van der Waals surface area contributed by atoms with Crippen LogP contribution in [0.1, 0.15) is 5.56 Å². The maximum Gasteiger partial charge on any atom is 0.186 e. The van der Waals surface area contributed by atoms with Gasteiger partial charge in [0.15, 0.2) is 5.11 Å². The number of hydrogen-bond donors (Lipinski definition) is 2. The molecule has 0 aliphatic carbocycles. The van der Waals surface area contributed by atoms with Crippen molar-refractivity contribution in [3.63, 3.8) is 0 Å². The third-order valence-corrected chi connectivity index (χ3v) is 2.31. The van der Waals surface area contributed by atoms with Crippen LogP contribution >= 0.6 is 12.2 Å². The molecule has 0 amide bonds. The van der Waals surface area contributed by atoms with E-state index < -0.39 is 0 Å². The van der Waals surface area contributed by atoms with Crippen LogP contribution in [0, 0.1) is 0 Å². The van der Waals surface area contributed by atoms with Gasteiger partial charge in [0.2, 0.25) is 0 Å². The molecule has 0 heterocycles. The summed E-state index contributed by atoms with van der Waals surface area (Å²) >= 11 is 4.88. The molecule has 0 saturated heterocycles. The summed E-state index contributed by atoms with van der Waals surface area (Å²) in [6.07, 6.45) is 1.73. The van der Waals surface area contributed by atoms with Gasteiger partial charge in [-0.25, -0.2) is 0 Å². The summed E-state index contributed by atoms with van der Waals surface area (Å²) in [5.41, 5.74) is 4.89. The Kier molecular flexibility index (Phi) is 4.72. The normalized spacial score (nSPS) is 10.2. The quantitative estimate of drug-likeness (QED) is 0.470. The van der Waals surface area contributed by atoms with E-state index in [4.69, 9.17) is 12.2 Å². The molecule has 0 bridgehead atoms. The average molecular weight is 236 g/mol. The minimum atomic E-state index is 0.501. The Bertz CT molecular complexity index is 370. The van der Waals surface area contributed by atoms with Crippen molar-refractivity contribution in [1.29, 1.82) is 0 Å². The van der Waals surface area contributed by atoms with Gasteiger partial charge in [-0.2, -0.15) is 5.10 Å². The molecule has 0 radical (unpaired) electrons. The van der Waals surface area contributed by atoms with Crippen molar-refractivity contribution in [3.05, 3.63) is 29.8 Å². The molecule has 2 N–H and O–H groups in total. The highest BCUT2D eigenvalue weighted by Crippen LogP contribution is 2.10. The number of hydrogen-bond acceptors (Lipinski definition) is 3. The minimum absolute atomic E-state index is 0.501. The molecule has 0 unspecified atom stereocenters. The van der Waals surface area contributed by atoms with E-state index in [0.717, 1.165) is 11.3 Å². The molecular weight excluding hydrogens is 220 g/mol. The molecule has 1 aromatic rings. The molecule has 5 heteroatoms. The number of nitrogens with zero attached hydrogens (tertiary/aromatic N) is 2. The van der Waals surface area contributed by atoms with E-state index in [1.54, 1.807) is 13.3 Å². The Morgan fingerprint density at radius 1 is 1.31 bits per heavy atom. The molecule has 16 heavy (non-hydrogen) atoms. The van der Waals surface area contributed by atoms with Crippen LogP contribution in [0.15, 0.2) is 29.4 Å². The van der Waals surface area contributed by atoms with Gasteiger partial charge in [-0.1, -0.05) is 12.1 Å². The van der Waals surface area contributed by atoms with Crippen LogP contribution in [0.2, 0.25) is 0 Å². The Labute approximate surface area is 101 Å². The summed E-state index contributed by atoms with van der Waals surface area (Å²) in [5.74, 6) is 0. The highest BCUT2D eigenvalue weighted by molar-refractivity contribution is 7.80. The molecular formula is C11H16N4S. The van der Waals surface area contributed by atoms with Crippen LogP contribution in [0.3, 0.4) is 0 Å². The summed E-state index contributed by atoms with van der Waals surface area (Å²) in [6, 6.07) is 8.08. The van der Waals surface area contributed by atoms with E-state index >= 15 is 0 Å².